The molecule has 0 spiro atoms. The lowest BCUT2D eigenvalue weighted by Gasteiger charge is -2.61. The van der Waals surface area contributed by atoms with Crippen LogP contribution < -0.4 is 5.43 Å². The average Bonchev–Trinajstić information content (AvgIpc) is 2.59. The molecule has 2 atom stereocenters. The molecular weight excluding hydrogens is 298 g/mol. The maximum absolute atomic E-state index is 13.2. The number of hydrogen-bond donors (Lipinski definition) is 1. The van der Waals surface area contributed by atoms with Gasteiger partial charge in [-0.05, 0) is 81.7 Å². The van der Waals surface area contributed by atoms with Crippen LogP contribution in [0.5, 0.6) is 0 Å². The van der Waals surface area contributed by atoms with E-state index in [0.29, 0.717) is 11.3 Å². The Morgan fingerprint density at radius 3 is 2.50 bits per heavy atom. The summed E-state index contributed by atoms with van der Waals surface area (Å²) in [6.07, 6.45) is 11.2. The Labute approximate surface area is 145 Å². The highest BCUT2D eigenvalue weighted by atomic mass is 16.2. The van der Waals surface area contributed by atoms with Crippen molar-refractivity contribution in [1.29, 1.82) is 0 Å². The lowest BCUT2D eigenvalue weighted by Crippen LogP contribution is -2.57. The van der Waals surface area contributed by atoms with E-state index in [-0.39, 0.29) is 11.3 Å². The molecule has 3 aliphatic heterocycles. The first-order valence-electron chi connectivity index (χ1n) is 10.2. The second-order valence-electron chi connectivity index (χ2n) is 9.69. The molecule has 4 saturated carbocycles. The molecule has 1 N–H and O–H groups in total. The summed E-state index contributed by atoms with van der Waals surface area (Å²) in [6, 6.07) is 0. The van der Waals surface area contributed by atoms with Gasteiger partial charge < -0.3 is 0 Å². The third kappa shape index (κ3) is 2.28. The fourth-order valence-corrected chi connectivity index (χ4v) is 7.28. The number of carbonyl (C=O) groups is 1. The predicted octanol–water partition coefficient (Wildman–Crippen LogP) is 3.18. The summed E-state index contributed by atoms with van der Waals surface area (Å²) < 4.78 is 0. The van der Waals surface area contributed by atoms with Crippen LogP contribution >= 0.6 is 0 Å². The van der Waals surface area contributed by atoms with Crippen LogP contribution in [0, 0.1) is 28.6 Å². The number of amides is 1. The van der Waals surface area contributed by atoms with Gasteiger partial charge >= 0.3 is 0 Å². The normalized spacial score (nSPS) is 50.5. The van der Waals surface area contributed by atoms with Crippen molar-refractivity contribution in [3.63, 3.8) is 0 Å². The average molecular weight is 329 g/mol. The van der Waals surface area contributed by atoms with Crippen molar-refractivity contribution in [2.24, 2.45) is 33.7 Å². The summed E-state index contributed by atoms with van der Waals surface area (Å²) >= 11 is 0. The molecule has 0 aromatic heterocycles. The van der Waals surface area contributed by atoms with Gasteiger partial charge in [-0.15, -0.1) is 0 Å². The summed E-state index contributed by atoms with van der Waals surface area (Å²) in [4.78, 5) is 15.6. The van der Waals surface area contributed by atoms with E-state index < -0.39 is 0 Å². The minimum Gasteiger partial charge on any atom is -0.298 e. The quantitative estimate of drug-likeness (QED) is 0.808. The first kappa shape index (κ1) is 15.4. The third-order valence-corrected chi connectivity index (χ3v) is 8.16. The summed E-state index contributed by atoms with van der Waals surface area (Å²) in [6.45, 7) is 5.74. The van der Waals surface area contributed by atoms with E-state index in [0.717, 1.165) is 37.6 Å². The fraction of sp³-hybridized carbons (Fsp3) is 0.900. The van der Waals surface area contributed by atoms with Crippen molar-refractivity contribution in [3.05, 3.63) is 0 Å². The van der Waals surface area contributed by atoms with Crippen molar-refractivity contribution >= 4 is 11.6 Å². The Bertz CT molecular complexity index is 561. The van der Waals surface area contributed by atoms with Crippen molar-refractivity contribution in [1.82, 2.24) is 10.3 Å². The topological polar surface area (TPSA) is 44.7 Å². The molecule has 3 heterocycles. The number of piperidine rings is 3. The highest BCUT2D eigenvalue weighted by molar-refractivity contribution is 5.92. The first-order valence-corrected chi connectivity index (χ1v) is 10.2. The number of fused-ring (bicyclic) bond motifs is 3. The largest absolute Gasteiger partial charge is 0.298 e. The van der Waals surface area contributed by atoms with Gasteiger partial charge in [-0.3, -0.25) is 9.69 Å². The number of hydrazone groups is 1. The Kier molecular flexibility index (Phi) is 3.39. The van der Waals surface area contributed by atoms with E-state index in [4.69, 9.17) is 0 Å². The van der Waals surface area contributed by atoms with Crippen molar-refractivity contribution < 1.29 is 4.79 Å². The molecule has 24 heavy (non-hydrogen) atoms. The van der Waals surface area contributed by atoms with E-state index in [1.165, 1.54) is 57.3 Å². The van der Waals surface area contributed by atoms with Gasteiger partial charge in [-0.25, -0.2) is 5.43 Å². The molecule has 6 bridgehead atoms. The molecule has 0 aromatic rings. The molecule has 7 rings (SSSR count). The van der Waals surface area contributed by atoms with Gasteiger partial charge in [0, 0.05) is 12.5 Å². The predicted molar refractivity (Wildman–Crippen MR) is 94.6 cm³/mol. The molecule has 4 heteroatoms. The van der Waals surface area contributed by atoms with Gasteiger partial charge in [-0.1, -0.05) is 13.3 Å². The molecule has 3 saturated heterocycles. The van der Waals surface area contributed by atoms with Crippen molar-refractivity contribution in [2.45, 2.75) is 64.7 Å². The van der Waals surface area contributed by atoms with Crippen LogP contribution in [0.15, 0.2) is 5.10 Å². The summed E-state index contributed by atoms with van der Waals surface area (Å²) in [5.74, 6) is 2.45. The number of rotatable bonds is 3. The zero-order valence-electron chi connectivity index (χ0n) is 15.0. The van der Waals surface area contributed by atoms with Gasteiger partial charge in [0.15, 0.2) is 0 Å². The summed E-state index contributed by atoms with van der Waals surface area (Å²) in [5, 5.41) is 4.65. The molecular formula is C20H31N3O. The van der Waals surface area contributed by atoms with Crippen LogP contribution in [0.25, 0.3) is 0 Å². The maximum Gasteiger partial charge on any atom is 0.246 e. The Morgan fingerprint density at radius 1 is 1.21 bits per heavy atom. The monoisotopic (exact) mass is 329 g/mol. The van der Waals surface area contributed by atoms with Crippen LogP contribution in [0.3, 0.4) is 0 Å². The van der Waals surface area contributed by atoms with Crippen LogP contribution in [0.1, 0.15) is 64.7 Å². The lowest BCUT2D eigenvalue weighted by atomic mass is 9.43. The van der Waals surface area contributed by atoms with Crippen LogP contribution in [0.4, 0.5) is 0 Å². The molecule has 1 amide bonds. The number of carbonyl (C=O) groups excluding carboxylic acids is 1. The lowest BCUT2D eigenvalue weighted by molar-refractivity contribution is -0.157. The standard InChI is InChI=1S/C20H31N3O/c1-2-19-8-14-7-15(9-19)11-20(10-14,13-19)18(24)22-21-17-12-23-5-3-16(17)4-6-23/h14-16H,2-13H2,1H3,(H,22,24)/b21-17-. The Hall–Kier alpha value is -0.900. The third-order valence-electron chi connectivity index (χ3n) is 8.16. The van der Waals surface area contributed by atoms with Crippen LogP contribution in [-0.4, -0.2) is 36.2 Å². The Balaban J connectivity index is 1.34. The number of hydrogen-bond acceptors (Lipinski definition) is 3. The van der Waals surface area contributed by atoms with E-state index in [9.17, 15) is 4.79 Å². The molecule has 7 aliphatic rings. The maximum atomic E-state index is 13.2. The molecule has 0 aromatic carbocycles. The highest BCUT2D eigenvalue weighted by Crippen LogP contribution is 2.66. The summed E-state index contributed by atoms with van der Waals surface area (Å²) in [5.41, 5.74) is 4.65. The van der Waals surface area contributed by atoms with Gasteiger partial charge in [0.1, 0.15) is 0 Å². The van der Waals surface area contributed by atoms with E-state index in [1.54, 1.807) is 0 Å². The first-order chi connectivity index (χ1) is 11.6. The van der Waals surface area contributed by atoms with Crippen LogP contribution in [0.2, 0.25) is 0 Å². The van der Waals surface area contributed by atoms with Gasteiger partial charge in [0.25, 0.3) is 0 Å². The van der Waals surface area contributed by atoms with Gasteiger partial charge in [0.2, 0.25) is 5.91 Å². The SMILES string of the molecule is CCC12CC3CC(C1)CC(C(=O)N/N=C1/CN4CCC1CC4)(C3)C2. The minimum absolute atomic E-state index is 0.0991. The summed E-state index contributed by atoms with van der Waals surface area (Å²) in [7, 11) is 0. The molecule has 2 unspecified atom stereocenters. The number of nitrogens with one attached hydrogen (secondary N) is 1. The zero-order valence-corrected chi connectivity index (χ0v) is 15.0. The minimum atomic E-state index is -0.0991. The van der Waals surface area contributed by atoms with Gasteiger partial charge in [0.05, 0.1) is 11.1 Å². The molecule has 7 fully saturated rings. The second-order valence-corrected chi connectivity index (χ2v) is 9.69. The fourth-order valence-electron chi connectivity index (χ4n) is 7.28. The molecule has 4 nitrogen and oxygen atoms in total. The van der Waals surface area contributed by atoms with E-state index in [1.807, 2.05) is 0 Å². The molecule has 132 valence electrons. The zero-order chi connectivity index (χ0) is 16.4. The smallest absolute Gasteiger partial charge is 0.246 e. The van der Waals surface area contributed by atoms with Gasteiger partial charge in [-0.2, -0.15) is 5.10 Å². The molecule has 0 radical (unpaired) electrons. The molecule has 4 aliphatic carbocycles. The van der Waals surface area contributed by atoms with Crippen LogP contribution in [-0.2, 0) is 4.79 Å². The van der Waals surface area contributed by atoms with E-state index in [2.05, 4.69) is 22.4 Å². The number of nitrogens with zero attached hydrogens (tertiary/aromatic N) is 2. The van der Waals surface area contributed by atoms with Crippen molar-refractivity contribution in [3.8, 4) is 0 Å². The van der Waals surface area contributed by atoms with E-state index >= 15 is 0 Å². The van der Waals surface area contributed by atoms with Crippen molar-refractivity contribution in [2.75, 3.05) is 19.6 Å². The Morgan fingerprint density at radius 2 is 1.92 bits per heavy atom. The highest BCUT2D eigenvalue weighted by Gasteiger charge is 2.59. The second kappa shape index (κ2) is 5.30.